The smallest absolute Gasteiger partial charge is 0.434 e. The number of rotatable bonds is 6. The summed E-state index contributed by atoms with van der Waals surface area (Å²) >= 11 is 6.05. The molecule has 4 aromatic rings. The summed E-state index contributed by atoms with van der Waals surface area (Å²) in [5, 5.41) is 12.8. The highest BCUT2D eigenvalue weighted by atomic mass is 35.5. The SMILES string of the molecule is CC(C)(C)OC(=O)N(O)Cc1cc(-c2ccc(C(=O)N3CCN(S(=O)(=O)c4ccc5cc(Cl)ccc5c4)CC3)cc2)ccn1. The van der Waals surface area contributed by atoms with Gasteiger partial charge >= 0.3 is 6.09 Å². The fraction of sp³-hybridized carbons (Fsp3) is 0.281. The lowest BCUT2D eigenvalue weighted by Crippen LogP contribution is -2.50. The van der Waals surface area contributed by atoms with E-state index >= 15 is 0 Å². The topological polar surface area (TPSA) is 120 Å². The number of hydrogen-bond acceptors (Lipinski definition) is 7. The van der Waals surface area contributed by atoms with Crippen LogP contribution in [0.15, 0.2) is 83.9 Å². The van der Waals surface area contributed by atoms with Gasteiger partial charge in [0.25, 0.3) is 5.91 Å². The number of piperazine rings is 1. The van der Waals surface area contributed by atoms with Gasteiger partial charge in [-0.3, -0.25) is 15.0 Å². The second-order valence-electron chi connectivity index (χ2n) is 11.5. The molecule has 5 rings (SSSR count). The van der Waals surface area contributed by atoms with Gasteiger partial charge in [0.05, 0.1) is 17.1 Å². The monoisotopic (exact) mass is 636 g/mol. The van der Waals surface area contributed by atoms with Crippen molar-refractivity contribution in [2.24, 2.45) is 0 Å². The van der Waals surface area contributed by atoms with Crippen molar-refractivity contribution >= 4 is 44.4 Å². The molecule has 0 spiro atoms. The van der Waals surface area contributed by atoms with Gasteiger partial charge in [-0.2, -0.15) is 9.37 Å². The summed E-state index contributed by atoms with van der Waals surface area (Å²) in [5.74, 6) is -0.181. The maximum absolute atomic E-state index is 13.3. The third-order valence-electron chi connectivity index (χ3n) is 7.14. The predicted octanol–water partition coefficient (Wildman–Crippen LogP) is 5.83. The largest absolute Gasteiger partial charge is 0.442 e. The van der Waals surface area contributed by atoms with Crippen LogP contribution in [0.1, 0.15) is 36.8 Å². The molecular formula is C32H33ClN4O6S. The van der Waals surface area contributed by atoms with Crippen molar-refractivity contribution in [2.75, 3.05) is 26.2 Å². The number of ether oxygens (including phenoxy) is 1. The van der Waals surface area contributed by atoms with Crippen LogP contribution in [0.25, 0.3) is 21.9 Å². The third kappa shape index (κ3) is 7.19. The Morgan fingerprint density at radius 2 is 1.57 bits per heavy atom. The van der Waals surface area contributed by atoms with E-state index in [-0.39, 0.29) is 43.5 Å². The molecule has 3 aromatic carbocycles. The molecule has 0 unspecified atom stereocenters. The van der Waals surface area contributed by atoms with E-state index in [2.05, 4.69) is 4.98 Å². The van der Waals surface area contributed by atoms with E-state index in [0.717, 1.165) is 21.9 Å². The van der Waals surface area contributed by atoms with Gasteiger partial charge in [0.15, 0.2) is 0 Å². The van der Waals surface area contributed by atoms with Crippen LogP contribution in [0.5, 0.6) is 0 Å². The predicted molar refractivity (Wildman–Crippen MR) is 167 cm³/mol. The van der Waals surface area contributed by atoms with Crippen LogP contribution < -0.4 is 0 Å². The maximum atomic E-state index is 13.3. The highest BCUT2D eigenvalue weighted by Crippen LogP contribution is 2.26. The number of carbonyl (C=O) groups is 2. The van der Waals surface area contributed by atoms with Gasteiger partial charge in [-0.25, -0.2) is 13.2 Å². The number of amides is 2. The van der Waals surface area contributed by atoms with Crippen LogP contribution in [0.2, 0.25) is 5.02 Å². The summed E-state index contributed by atoms with van der Waals surface area (Å²) in [5.41, 5.74) is 1.81. The zero-order valence-corrected chi connectivity index (χ0v) is 26.2. The molecule has 2 heterocycles. The molecule has 0 aliphatic carbocycles. The number of aromatic nitrogens is 1. The van der Waals surface area contributed by atoms with E-state index in [1.165, 1.54) is 4.31 Å². The number of hydroxylamine groups is 2. The van der Waals surface area contributed by atoms with Crippen molar-refractivity contribution in [3.63, 3.8) is 0 Å². The second-order valence-corrected chi connectivity index (χ2v) is 13.9. The number of nitrogens with zero attached hydrogens (tertiary/aromatic N) is 4. The first kappa shape index (κ1) is 31.4. The maximum Gasteiger partial charge on any atom is 0.434 e. The molecule has 0 saturated carbocycles. The minimum atomic E-state index is -3.72. The number of fused-ring (bicyclic) bond motifs is 1. The van der Waals surface area contributed by atoms with Crippen LogP contribution in [0, 0.1) is 0 Å². The van der Waals surface area contributed by atoms with Gasteiger partial charge in [0.1, 0.15) is 5.60 Å². The van der Waals surface area contributed by atoms with Crippen molar-refractivity contribution in [1.82, 2.24) is 19.3 Å². The van der Waals surface area contributed by atoms with E-state index in [9.17, 15) is 23.2 Å². The molecule has 0 bridgehead atoms. The molecular weight excluding hydrogens is 604 g/mol. The van der Waals surface area contributed by atoms with Crippen LogP contribution in [-0.4, -0.2) is 76.7 Å². The van der Waals surface area contributed by atoms with Crippen LogP contribution in [0.4, 0.5) is 4.79 Å². The first-order valence-corrected chi connectivity index (χ1v) is 15.9. The van der Waals surface area contributed by atoms with E-state index in [4.69, 9.17) is 16.3 Å². The molecule has 1 fully saturated rings. The Bertz CT molecular complexity index is 1800. The van der Waals surface area contributed by atoms with Crippen molar-refractivity contribution in [1.29, 1.82) is 0 Å². The molecule has 1 aromatic heterocycles. The molecule has 1 aliphatic heterocycles. The zero-order valence-electron chi connectivity index (χ0n) is 24.6. The summed E-state index contributed by atoms with van der Waals surface area (Å²) in [6.45, 7) is 5.89. The lowest BCUT2D eigenvalue weighted by Gasteiger charge is -2.34. The molecule has 2 amide bonds. The molecule has 12 heteroatoms. The lowest BCUT2D eigenvalue weighted by molar-refractivity contribution is -0.100. The highest BCUT2D eigenvalue weighted by Gasteiger charge is 2.30. The number of halogens is 1. The standard InChI is InChI=1S/C32H33ClN4O6S/c1-32(2,3)43-31(39)37(40)21-28-19-26(12-13-34-28)22-4-6-23(7-5-22)30(38)35-14-16-36(17-15-35)44(41,42)29-11-9-24-18-27(33)10-8-25(24)20-29/h4-13,18-20,40H,14-17,21H2,1-3H3. The number of hydrogen-bond donors (Lipinski definition) is 1. The molecule has 1 aliphatic rings. The Hall–Kier alpha value is -4.03. The van der Waals surface area contributed by atoms with Gasteiger partial charge < -0.3 is 9.64 Å². The van der Waals surface area contributed by atoms with E-state index in [1.807, 2.05) is 12.1 Å². The first-order valence-electron chi connectivity index (χ1n) is 14.0. The van der Waals surface area contributed by atoms with Crippen molar-refractivity contribution in [2.45, 2.75) is 37.8 Å². The van der Waals surface area contributed by atoms with Crippen molar-refractivity contribution in [3.8, 4) is 11.1 Å². The van der Waals surface area contributed by atoms with E-state index in [1.54, 1.807) is 92.5 Å². The third-order valence-corrected chi connectivity index (χ3v) is 9.26. The Balaban J connectivity index is 1.20. The Morgan fingerprint density at radius 1 is 0.909 bits per heavy atom. The molecule has 0 atom stereocenters. The first-order chi connectivity index (χ1) is 20.8. The molecule has 230 valence electrons. The van der Waals surface area contributed by atoms with Crippen molar-refractivity contribution < 1.29 is 28.0 Å². The minimum absolute atomic E-state index is 0.156. The molecule has 10 nitrogen and oxygen atoms in total. The Labute approximate surface area is 261 Å². The van der Waals surface area contributed by atoms with Crippen LogP contribution in [0.3, 0.4) is 0 Å². The molecule has 1 N–H and O–H groups in total. The summed E-state index contributed by atoms with van der Waals surface area (Å²) in [6, 6.07) is 20.9. The lowest BCUT2D eigenvalue weighted by atomic mass is 10.0. The summed E-state index contributed by atoms with van der Waals surface area (Å²) in [4.78, 5) is 31.4. The van der Waals surface area contributed by atoms with E-state index in [0.29, 0.717) is 21.3 Å². The Kier molecular flexibility index (Phi) is 8.94. The zero-order chi connectivity index (χ0) is 31.6. The van der Waals surface area contributed by atoms with Gasteiger partial charge in [0, 0.05) is 43.0 Å². The fourth-order valence-corrected chi connectivity index (χ4v) is 6.54. The van der Waals surface area contributed by atoms with Crippen LogP contribution >= 0.6 is 11.6 Å². The summed E-state index contributed by atoms with van der Waals surface area (Å²) in [7, 11) is -3.72. The normalized spacial score (nSPS) is 14.4. The van der Waals surface area contributed by atoms with Crippen LogP contribution in [-0.2, 0) is 21.3 Å². The Morgan fingerprint density at radius 3 is 2.25 bits per heavy atom. The summed E-state index contributed by atoms with van der Waals surface area (Å²) in [6.07, 6.45) is 0.707. The quantitative estimate of drug-likeness (QED) is 0.209. The van der Waals surface area contributed by atoms with Crippen molar-refractivity contribution in [3.05, 3.63) is 95.3 Å². The van der Waals surface area contributed by atoms with E-state index < -0.39 is 21.7 Å². The summed E-state index contributed by atoms with van der Waals surface area (Å²) < 4.78 is 33.3. The average Bonchev–Trinajstić information content (AvgIpc) is 3.00. The fourth-order valence-electron chi connectivity index (χ4n) is 4.90. The second kappa shape index (κ2) is 12.5. The average molecular weight is 637 g/mol. The number of carbonyl (C=O) groups excluding carboxylic acids is 2. The number of pyridine rings is 1. The molecule has 1 saturated heterocycles. The molecule has 0 radical (unpaired) electrons. The molecule has 44 heavy (non-hydrogen) atoms. The number of benzene rings is 3. The highest BCUT2D eigenvalue weighted by molar-refractivity contribution is 7.89. The van der Waals surface area contributed by atoms with Gasteiger partial charge in [-0.15, -0.1) is 0 Å². The number of sulfonamides is 1. The van der Waals surface area contributed by atoms with Gasteiger partial charge in [-0.1, -0.05) is 35.9 Å². The minimum Gasteiger partial charge on any atom is -0.442 e. The van der Waals surface area contributed by atoms with Gasteiger partial charge in [0.2, 0.25) is 10.0 Å². The van der Waals surface area contributed by atoms with Gasteiger partial charge in [-0.05, 0) is 91.2 Å².